The molecule has 2 heterocycles. The first-order chi connectivity index (χ1) is 8.79. The number of piperidine rings is 2. The maximum absolute atomic E-state index is 5.68. The molecule has 1 atom stereocenters. The van der Waals surface area contributed by atoms with E-state index in [9.17, 15) is 0 Å². The van der Waals surface area contributed by atoms with E-state index >= 15 is 0 Å². The summed E-state index contributed by atoms with van der Waals surface area (Å²) in [7, 11) is 0. The number of nitrogens with two attached hydrogens (primary N) is 1. The van der Waals surface area contributed by atoms with E-state index in [1.807, 2.05) is 0 Å². The van der Waals surface area contributed by atoms with Gasteiger partial charge in [-0.3, -0.25) is 0 Å². The predicted octanol–water partition coefficient (Wildman–Crippen LogP) is 1.92. The SMILES string of the molecule is CC(CN)CCN1CCC(N2CCCCC2)CC1. The van der Waals surface area contributed by atoms with E-state index in [2.05, 4.69) is 16.7 Å². The van der Waals surface area contributed by atoms with E-state index in [1.54, 1.807) is 0 Å². The van der Waals surface area contributed by atoms with Crippen LogP contribution in [0.4, 0.5) is 0 Å². The minimum atomic E-state index is 0.685. The number of rotatable bonds is 5. The fourth-order valence-corrected chi connectivity index (χ4v) is 3.31. The molecule has 0 amide bonds. The zero-order valence-corrected chi connectivity index (χ0v) is 12.1. The molecule has 1 unspecified atom stereocenters. The molecule has 2 aliphatic rings. The van der Waals surface area contributed by atoms with Gasteiger partial charge in [0.1, 0.15) is 0 Å². The topological polar surface area (TPSA) is 32.5 Å². The molecule has 2 aliphatic heterocycles. The fraction of sp³-hybridized carbons (Fsp3) is 1.00. The molecule has 0 bridgehead atoms. The molecule has 0 spiro atoms. The molecule has 106 valence electrons. The summed E-state index contributed by atoms with van der Waals surface area (Å²) < 4.78 is 0. The Morgan fingerprint density at radius 2 is 1.72 bits per heavy atom. The Morgan fingerprint density at radius 3 is 2.33 bits per heavy atom. The van der Waals surface area contributed by atoms with E-state index in [0.717, 1.165) is 12.6 Å². The van der Waals surface area contributed by atoms with Crippen molar-refractivity contribution < 1.29 is 0 Å². The van der Waals surface area contributed by atoms with Crippen molar-refractivity contribution >= 4 is 0 Å². The maximum Gasteiger partial charge on any atom is 0.0120 e. The van der Waals surface area contributed by atoms with E-state index < -0.39 is 0 Å². The Balaban J connectivity index is 1.64. The average molecular weight is 253 g/mol. The van der Waals surface area contributed by atoms with Crippen molar-refractivity contribution in [3.63, 3.8) is 0 Å². The second kappa shape index (κ2) is 7.46. The van der Waals surface area contributed by atoms with Gasteiger partial charge in [-0.05, 0) is 77.3 Å². The molecule has 0 radical (unpaired) electrons. The van der Waals surface area contributed by atoms with Gasteiger partial charge in [-0.1, -0.05) is 13.3 Å². The quantitative estimate of drug-likeness (QED) is 0.812. The number of hydrogen-bond acceptors (Lipinski definition) is 3. The largest absolute Gasteiger partial charge is 0.330 e. The van der Waals surface area contributed by atoms with Crippen LogP contribution in [0, 0.1) is 5.92 Å². The van der Waals surface area contributed by atoms with Gasteiger partial charge < -0.3 is 15.5 Å². The zero-order chi connectivity index (χ0) is 12.8. The lowest BCUT2D eigenvalue weighted by molar-refractivity contribution is 0.0904. The third-order valence-electron chi connectivity index (χ3n) is 4.80. The van der Waals surface area contributed by atoms with Crippen molar-refractivity contribution in [3.05, 3.63) is 0 Å². The van der Waals surface area contributed by atoms with Crippen LogP contribution >= 0.6 is 0 Å². The van der Waals surface area contributed by atoms with E-state index in [0.29, 0.717) is 5.92 Å². The smallest absolute Gasteiger partial charge is 0.0120 e. The monoisotopic (exact) mass is 253 g/mol. The van der Waals surface area contributed by atoms with Gasteiger partial charge in [-0.15, -0.1) is 0 Å². The zero-order valence-electron chi connectivity index (χ0n) is 12.1. The summed E-state index contributed by atoms with van der Waals surface area (Å²) in [5.41, 5.74) is 5.68. The molecular weight excluding hydrogens is 222 g/mol. The highest BCUT2D eigenvalue weighted by atomic mass is 15.2. The lowest BCUT2D eigenvalue weighted by Gasteiger charge is -2.40. The van der Waals surface area contributed by atoms with E-state index in [4.69, 9.17) is 5.73 Å². The van der Waals surface area contributed by atoms with E-state index in [-0.39, 0.29) is 0 Å². The number of likely N-dealkylation sites (tertiary alicyclic amines) is 2. The molecule has 3 heteroatoms. The van der Waals surface area contributed by atoms with Crippen molar-refractivity contribution in [2.45, 2.75) is 51.5 Å². The molecule has 2 N–H and O–H groups in total. The van der Waals surface area contributed by atoms with Gasteiger partial charge >= 0.3 is 0 Å². The highest BCUT2D eigenvalue weighted by Crippen LogP contribution is 2.21. The molecule has 18 heavy (non-hydrogen) atoms. The molecule has 2 rings (SSSR count). The first kappa shape index (κ1) is 14.3. The average Bonchev–Trinajstić information content (AvgIpc) is 2.46. The van der Waals surface area contributed by atoms with Crippen LogP contribution < -0.4 is 5.73 Å². The lowest BCUT2D eigenvalue weighted by Crippen LogP contribution is -2.47. The van der Waals surface area contributed by atoms with Crippen LogP contribution in [0.15, 0.2) is 0 Å². The maximum atomic E-state index is 5.68. The standard InChI is InChI=1S/C15H31N3/c1-14(13-16)5-10-17-11-6-15(7-12-17)18-8-3-2-4-9-18/h14-15H,2-13,16H2,1H3. The van der Waals surface area contributed by atoms with Crippen LogP contribution in [0.5, 0.6) is 0 Å². The summed E-state index contributed by atoms with van der Waals surface area (Å²) in [5.74, 6) is 0.685. The Kier molecular flexibility index (Phi) is 5.93. The summed E-state index contributed by atoms with van der Waals surface area (Å²) in [6, 6.07) is 0.883. The molecule has 3 nitrogen and oxygen atoms in total. The van der Waals surface area contributed by atoms with Gasteiger partial charge in [-0.25, -0.2) is 0 Å². The summed E-state index contributed by atoms with van der Waals surface area (Å²) in [5, 5.41) is 0. The number of hydrogen-bond donors (Lipinski definition) is 1. The van der Waals surface area contributed by atoms with Crippen molar-refractivity contribution in [2.24, 2.45) is 11.7 Å². The molecule has 0 aliphatic carbocycles. The van der Waals surface area contributed by atoms with Crippen molar-refractivity contribution in [1.29, 1.82) is 0 Å². The minimum absolute atomic E-state index is 0.685. The third kappa shape index (κ3) is 4.22. The molecule has 0 aromatic carbocycles. The van der Waals surface area contributed by atoms with Gasteiger partial charge in [0, 0.05) is 6.04 Å². The Hall–Kier alpha value is -0.120. The Morgan fingerprint density at radius 1 is 1.06 bits per heavy atom. The van der Waals surface area contributed by atoms with Gasteiger partial charge in [0.05, 0.1) is 0 Å². The second-order valence-electron chi connectivity index (χ2n) is 6.30. The molecular formula is C15H31N3. The van der Waals surface area contributed by atoms with Crippen LogP contribution in [-0.2, 0) is 0 Å². The summed E-state index contributed by atoms with van der Waals surface area (Å²) in [6.07, 6.45) is 8.34. The van der Waals surface area contributed by atoms with Crippen molar-refractivity contribution in [2.75, 3.05) is 39.3 Å². The van der Waals surface area contributed by atoms with Crippen LogP contribution in [0.1, 0.15) is 45.4 Å². The van der Waals surface area contributed by atoms with Gasteiger partial charge in [0.25, 0.3) is 0 Å². The van der Waals surface area contributed by atoms with Crippen molar-refractivity contribution in [1.82, 2.24) is 9.80 Å². The minimum Gasteiger partial charge on any atom is -0.330 e. The van der Waals surface area contributed by atoms with Gasteiger partial charge in [-0.2, -0.15) is 0 Å². The Bertz CT molecular complexity index is 218. The van der Waals surface area contributed by atoms with Crippen LogP contribution in [0.25, 0.3) is 0 Å². The summed E-state index contributed by atoms with van der Waals surface area (Å²) >= 11 is 0. The van der Waals surface area contributed by atoms with Crippen LogP contribution in [0.2, 0.25) is 0 Å². The van der Waals surface area contributed by atoms with Crippen LogP contribution in [-0.4, -0.2) is 55.1 Å². The molecule has 2 fully saturated rings. The summed E-state index contributed by atoms with van der Waals surface area (Å²) in [6.45, 7) is 9.68. The van der Waals surface area contributed by atoms with Crippen molar-refractivity contribution in [3.8, 4) is 0 Å². The third-order valence-corrected chi connectivity index (χ3v) is 4.80. The fourth-order valence-electron chi connectivity index (χ4n) is 3.31. The highest BCUT2D eigenvalue weighted by Gasteiger charge is 2.25. The first-order valence-corrected chi connectivity index (χ1v) is 7.96. The predicted molar refractivity (Wildman–Crippen MR) is 77.7 cm³/mol. The number of nitrogens with zero attached hydrogens (tertiary/aromatic N) is 2. The van der Waals surface area contributed by atoms with Gasteiger partial charge in [0.15, 0.2) is 0 Å². The van der Waals surface area contributed by atoms with Gasteiger partial charge in [0.2, 0.25) is 0 Å². The molecule has 2 saturated heterocycles. The lowest BCUT2D eigenvalue weighted by atomic mass is 9.99. The normalized spacial score (nSPS) is 26.3. The molecule has 0 aromatic heterocycles. The Labute approximate surface area is 113 Å². The molecule has 0 saturated carbocycles. The molecule has 0 aromatic rings. The van der Waals surface area contributed by atoms with E-state index in [1.165, 1.54) is 71.2 Å². The second-order valence-corrected chi connectivity index (χ2v) is 6.30. The first-order valence-electron chi connectivity index (χ1n) is 7.96. The van der Waals surface area contributed by atoms with Crippen LogP contribution in [0.3, 0.4) is 0 Å². The summed E-state index contributed by atoms with van der Waals surface area (Å²) in [4.78, 5) is 5.40. The highest BCUT2D eigenvalue weighted by molar-refractivity contribution is 4.81.